The van der Waals surface area contributed by atoms with Gasteiger partial charge < -0.3 is 10.6 Å². The highest BCUT2D eigenvalue weighted by Crippen LogP contribution is 2.13. The van der Waals surface area contributed by atoms with Crippen molar-refractivity contribution in [2.24, 2.45) is 11.8 Å². The van der Waals surface area contributed by atoms with Gasteiger partial charge in [-0.3, -0.25) is 0 Å². The van der Waals surface area contributed by atoms with Crippen LogP contribution in [0.3, 0.4) is 0 Å². The third kappa shape index (κ3) is 4.19. The molecule has 2 nitrogen and oxygen atoms in total. The molecule has 0 spiro atoms. The molecular formula is C13H21FN2. The Bertz CT molecular complexity index is 295. The normalized spacial score (nSPS) is 12.8. The molecule has 0 aliphatic heterocycles. The Morgan fingerprint density at radius 2 is 1.75 bits per heavy atom. The van der Waals surface area contributed by atoms with Crippen LogP contribution in [-0.4, -0.2) is 20.1 Å². The van der Waals surface area contributed by atoms with Gasteiger partial charge in [-0.15, -0.1) is 0 Å². The second-order valence-electron chi connectivity index (χ2n) is 4.45. The zero-order valence-electron chi connectivity index (χ0n) is 10.3. The third-order valence-electron chi connectivity index (χ3n) is 2.82. The monoisotopic (exact) mass is 224 g/mol. The van der Waals surface area contributed by atoms with Crippen molar-refractivity contribution in [3.05, 3.63) is 30.1 Å². The highest BCUT2D eigenvalue weighted by atomic mass is 19.1. The van der Waals surface area contributed by atoms with Crippen LogP contribution in [0.1, 0.15) is 13.8 Å². The lowest BCUT2D eigenvalue weighted by molar-refractivity contribution is 0.390. The third-order valence-corrected chi connectivity index (χ3v) is 2.82. The number of anilines is 1. The van der Waals surface area contributed by atoms with E-state index in [0.29, 0.717) is 11.8 Å². The molecule has 0 heterocycles. The van der Waals surface area contributed by atoms with Gasteiger partial charge in [-0.2, -0.15) is 0 Å². The average Bonchev–Trinajstić information content (AvgIpc) is 2.26. The van der Waals surface area contributed by atoms with Crippen LogP contribution in [0.4, 0.5) is 10.1 Å². The number of hydrogen-bond donors (Lipinski definition) is 2. The van der Waals surface area contributed by atoms with E-state index in [9.17, 15) is 4.39 Å². The molecule has 0 bridgehead atoms. The van der Waals surface area contributed by atoms with Crippen LogP contribution in [-0.2, 0) is 0 Å². The first-order valence-electron chi connectivity index (χ1n) is 5.77. The Hall–Kier alpha value is -1.09. The number of benzene rings is 1. The van der Waals surface area contributed by atoms with Crippen LogP contribution >= 0.6 is 0 Å². The van der Waals surface area contributed by atoms with E-state index in [1.807, 2.05) is 7.05 Å². The molecule has 1 atom stereocenters. The first-order chi connectivity index (χ1) is 7.63. The van der Waals surface area contributed by atoms with Gasteiger partial charge in [0.1, 0.15) is 5.82 Å². The molecule has 0 saturated carbocycles. The summed E-state index contributed by atoms with van der Waals surface area (Å²) < 4.78 is 12.7. The van der Waals surface area contributed by atoms with Crippen molar-refractivity contribution < 1.29 is 4.39 Å². The molecule has 90 valence electrons. The fraction of sp³-hybridized carbons (Fsp3) is 0.538. The predicted octanol–water partition coefficient (Wildman–Crippen LogP) is 2.73. The maximum absolute atomic E-state index is 12.7. The van der Waals surface area contributed by atoms with Crippen molar-refractivity contribution in [2.75, 3.05) is 25.5 Å². The van der Waals surface area contributed by atoms with Crippen molar-refractivity contribution in [3.63, 3.8) is 0 Å². The fourth-order valence-corrected chi connectivity index (χ4v) is 1.62. The van der Waals surface area contributed by atoms with Crippen LogP contribution in [0.2, 0.25) is 0 Å². The minimum absolute atomic E-state index is 0.193. The second kappa shape index (κ2) is 6.48. The highest BCUT2D eigenvalue weighted by molar-refractivity contribution is 5.42. The Labute approximate surface area is 97.3 Å². The Morgan fingerprint density at radius 1 is 1.12 bits per heavy atom. The lowest BCUT2D eigenvalue weighted by atomic mass is 9.96. The Balaban J connectivity index is 2.45. The topological polar surface area (TPSA) is 24.1 Å². The lowest BCUT2D eigenvalue weighted by Crippen LogP contribution is -2.29. The van der Waals surface area contributed by atoms with Crippen LogP contribution in [0.15, 0.2) is 24.3 Å². The van der Waals surface area contributed by atoms with Gasteiger partial charge in [0.25, 0.3) is 0 Å². The maximum atomic E-state index is 12.7. The summed E-state index contributed by atoms with van der Waals surface area (Å²) in [6, 6.07) is 6.49. The molecule has 0 aliphatic carbocycles. The molecule has 0 fully saturated rings. The maximum Gasteiger partial charge on any atom is 0.123 e. The van der Waals surface area contributed by atoms with Gasteiger partial charge in [0.2, 0.25) is 0 Å². The van der Waals surface area contributed by atoms with Gasteiger partial charge in [-0.1, -0.05) is 13.8 Å². The van der Waals surface area contributed by atoms with Crippen LogP contribution in [0, 0.1) is 17.7 Å². The van der Waals surface area contributed by atoms with Crippen molar-refractivity contribution >= 4 is 5.69 Å². The Kier molecular flexibility index (Phi) is 5.26. The van der Waals surface area contributed by atoms with E-state index in [1.165, 1.54) is 12.1 Å². The van der Waals surface area contributed by atoms with Crippen molar-refractivity contribution in [1.82, 2.24) is 5.32 Å². The molecule has 0 aromatic heterocycles. The predicted molar refractivity (Wildman–Crippen MR) is 67.1 cm³/mol. The molecule has 16 heavy (non-hydrogen) atoms. The zero-order chi connectivity index (χ0) is 12.0. The summed E-state index contributed by atoms with van der Waals surface area (Å²) in [5.74, 6) is 1.01. The lowest BCUT2D eigenvalue weighted by Gasteiger charge is -2.21. The molecule has 1 aromatic rings. The summed E-state index contributed by atoms with van der Waals surface area (Å²) in [6.45, 7) is 6.33. The molecule has 1 unspecified atom stereocenters. The number of nitrogens with one attached hydrogen (secondary N) is 2. The first kappa shape index (κ1) is 13.0. The summed E-state index contributed by atoms with van der Waals surface area (Å²) in [6.07, 6.45) is 0. The zero-order valence-corrected chi connectivity index (χ0v) is 10.3. The summed E-state index contributed by atoms with van der Waals surface area (Å²) in [5.41, 5.74) is 0.975. The highest BCUT2D eigenvalue weighted by Gasteiger charge is 2.11. The van der Waals surface area contributed by atoms with E-state index in [4.69, 9.17) is 0 Å². The molecule has 1 rings (SSSR count). The van der Waals surface area contributed by atoms with Gasteiger partial charge >= 0.3 is 0 Å². The average molecular weight is 224 g/mol. The van der Waals surface area contributed by atoms with Crippen molar-refractivity contribution in [1.29, 1.82) is 0 Å². The molecule has 1 aromatic carbocycles. The molecule has 2 N–H and O–H groups in total. The minimum Gasteiger partial charge on any atom is -0.385 e. The molecule has 0 saturated heterocycles. The molecular weight excluding hydrogens is 203 g/mol. The second-order valence-corrected chi connectivity index (χ2v) is 4.45. The van der Waals surface area contributed by atoms with Crippen molar-refractivity contribution in [2.45, 2.75) is 13.8 Å². The number of rotatable bonds is 6. The van der Waals surface area contributed by atoms with Crippen LogP contribution in [0.5, 0.6) is 0 Å². The van der Waals surface area contributed by atoms with Gasteiger partial charge in [0.15, 0.2) is 0 Å². The van der Waals surface area contributed by atoms with Gasteiger partial charge in [0.05, 0.1) is 0 Å². The Morgan fingerprint density at radius 3 is 2.25 bits per heavy atom. The molecule has 0 aliphatic rings. The summed E-state index contributed by atoms with van der Waals surface area (Å²) in [4.78, 5) is 0. The smallest absolute Gasteiger partial charge is 0.123 e. The fourth-order valence-electron chi connectivity index (χ4n) is 1.62. The van der Waals surface area contributed by atoms with Gasteiger partial charge in [-0.25, -0.2) is 4.39 Å². The molecule has 0 amide bonds. The quantitative estimate of drug-likeness (QED) is 0.776. The van der Waals surface area contributed by atoms with E-state index < -0.39 is 0 Å². The van der Waals surface area contributed by atoms with Gasteiger partial charge in [-0.05, 0) is 49.7 Å². The summed E-state index contributed by atoms with van der Waals surface area (Å²) in [5, 5.41) is 6.53. The molecule has 0 radical (unpaired) electrons. The van der Waals surface area contributed by atoms with Crippen LogP contribution < -0.4 is 10.6 Å². The standard InChI is InChI=1S/C13H21FN2/c1-10(2)11(8-15-3)9-16-13-6-4-12(14)5-7-13/h4-7,10-11,15-16H,8-9H2,1-3H3. The number of hydrogen-bond acceptors (Lipinski definition) is 2. The number of halogens is 1. The molecule has 3 heteroatoms. The van der Waals surface area contributed by atoms with E-state index in [1.54, 1.807) is 12.1 Å². The van der Waals surface area contributed by atoms with E-state index >= 15 is 0 Å². The minimum atomic E-state index is -0.193. The SMILES string of the molecule is CNCC(CNc1ccc(F)cc1)C(C)C. The van der Waals surface area contributed by atoms with E-state index in [-0.39, 0.29) is 5.82 Å². The first-order valence-corrected chi connectivity index (χ1v) is 5.77. The van der Waals surface area contributed by atoms with E-state index in [0.717, 1.165) is 18.8 Å². The summed E-state index contributed by atoms with van der Waals surface area (Å²) in [7, 11) is 1.97. The van der Waals surface area contributed by atoms with Gasteiger partial charge in [0, 0.05) is 12.2 Å². The van der Waals surface area contributed by atoms with Crippen molar-refractivity contribution in [3.8, 4) is 0 Å². The van der Waals surface area contributed by atoms with E-state index in [2.05, 4.69) is 24.5 Å². The largest absolute Gasteiger partial charge is 0.385 e. The summed E-state index contributed by atoms with van der Waals surface area (Å²) >= 11 is 0. The van der Waals surface area contributed by atoms with Crippen LogP contribution in [0.25, 0.3) is 0 Å².